The van der Waals surface area contributed by atoms with E-state index >= 15 is 0 Å². The van der Waals surface area contributed by atoms with Crippen molar-refractivity contribution in [1.82, 2.24) is 4.98 Å². The molecule has 2 rings (SSSR count). The van der Waals surface area contributed by atoms with Gasteiger partial charge in [-0.3, -0.25) is 4.72 Å². The van der Waals surface area contributed by atoms with Crippen molar-refractivity contribution >= 4 is 27.2 Å². The van der Waals surface area contributed by atoms with Crippen molar-refractivity contribution in [2.24, 2.45) is 0 Å². The summed E-state index contributed by atoms with van der Waals surface area (Å²) in [4.78, 5) is 3.38. The van der Waals surface area contributed by atoms with Crippen LogP contribution in [0.4, 0.5) is 10.2 Å². The predicted molar refractivity (Wildman–Crippen MR) is 59.3 cm³/mol. The zero-order valence-corrected chi connectivity index (χ0v) is 9.56. The van der Waals surface area contributed by atoms with Gasteiger partial charge >= 0.3 is 0 Å². The van der Waals surface area contributed by atoms with Gasteiger partial charge in [-0.25, -0.2) is 17.8 Å². The van der Waals surface area contributed by atoms with Crippen LogP contribution >= 0.6 is 11.3 Å². The van der Waals surface area contributed by atoms with Crippen LogP contribution in [0.3, 0.4) is 0 Å². The summed E-state index contributed by atoms with van der Waals surface area (Å²) in [5, 5.41) is 1.53. The molecule has 0 unspecified atom stereocenters. The summed E-state index contributed by atoms with van der Waals surface area (Å²) in [7, 11) is -3.89. The van der Waals surface area contributed by atoms with E-state index in [0.717, 1.165) is 6.07 Å². The fraction of sp³-hybridized carbons (Fsp3) is 0. The number of hydrogen-bond acceptors (Lipinski definition) is 4. The highest BCUT2D eigenvalue weighted by atomic mass is 32.2. The third-order valence-electron chi connectivity index (χ3n) is 1.80. The van der Waals surface area contributed by atoms with Gasteiger partial charge in [-0.15, -0.1) is 11.3 Å². The first-order valence-electron chi connectivity index (χ1n) is 4.25. The minimum atomic E-state index is -3.89. The quantitative estimate of drug-likeness (QED) is 0.917. The molecule has 1 N–H and O–H groups in total. The molecule has 0 aliphatic heterocycles. The molecule has 0 spiro atoms. The zero-order valence-electron chi connectivity index (χ0n) is 7.92. The fourth-order valence-corrected chi connectivity index (χ4v) is 2.76. The smallest absolute Gasteiger partial charge is 0.263 e. The summed E-state index contributed by atoms with van der Waals surface area (Å²) in [6.45, 7) is 0. The molecule has 1 aromatic heterocycles. The van der Waals surface area contributed by atoms with Crippen LogP contribution in [-0.4, -0.2) is 13.4 Å². The molecule has 7 heteroatoms. The van der Waals surface area contributed by atoms with E-state index in [2.05, 4.69) is 9.71 Å². The number of thiazole rings is 1. The Morgan fingerprint density at radius 1 is 1.31 bits per heavy atom. The number of aromatic nitrogens is 1. The van der Waals surface area contributed by atoms with Crippen molar-refractivity contribution in [2.75, 3.05) is 4.72 Å². The van der Waals surface area contributed by atoms with Crippen molar-refractivity contribution in [1.29, 1.82) is 0 Å². The first-order chi connectivity index (χ1) is 7.59. The molecule has 16 heavy (non-hydrogen) atoms. The summed E-state index contributed by atoms with van der Waals surface area (Å²) in [6, 6.07) is 5.18. The third-order valence-corrected chi connectivity index (χ3v) is 3.77. The molecule has 0 bridgehead atoms. The van der Waals surface area contributed by atoms with E-state index in [9.17, 15) is 12.8 Å². The standard InChI is InChI=1S/C9H7FN2O2S2/c10-7-3-1-2-4-8(7)16(13,14)12-9-5-15-6-11-9/h1-6,12H. The number of nitrogens with one attached hydrogen (secondary N) is 1. The molecule has 0 amide bonds. The largest absolute Gasteiger partial charge is 0.265 e. The van der Waals surface area contributed by atoms with Crippen LogP contribution in [0.15, 0.2) is 40.1 Å². The summed E-state index contributed by atoms with van der Waals surface area (Å²) in [5.41, 5.74) is 1.49. The number of nitrogens with zero attached hydrogens (tertiary/aromatic N) is 1. The number of sulfonamides is 1. The van der Waals surface area contributed by atoms with Crippen molar-refractivity contribution in [2.45, 2.75) is 4.90 Å². The second-order valence-corrected chi connectivity index (χ2v) is 5.28. The van der Waals surface area contributed by atoms with Crippen LogP contribution in [0.5, 0.6) is 0 Å². The Morgan fingerprint density at radius 3 is 2.69 bits per heavy atom. The van der Waals surface area contributed by atoms with Crippen LogP contribution < -0.4 is 4.72 Å². The summed E-state index contributed by atoms with van der Waals surface area (Å²) in [5.74, 6) is -0.599. The van der Waals surface area contributed by atoms with Crippen LogP contribution in [0, 0.1) is 5.82 Å². The lowest BCUT2D eigenvalue weighted by Gasteiger charge is -2.05. The number of benzene rings is 1. The van der Waals surface area contributed by atoms with Gasteiger partial charge in [-0.2, -0.15) is 0 Å². The molecule has 1 heterocycles. The lowest BCUT2D eigenvalue weighted by atomic mass is 10.4. The Morgan fingerprint density at radius 2 is 2.06 bits per heavy atom. The highest BCUT2D eigenvalue weighted by Gasteiger charge is 2.18. The van der Waals surface area contributed by atoms with Gasteiger partial charge < -0.3 is 0 Å². The van der Waals surface area contributed by atoms with Crippen LogP contribution in [0.2, 0.25) is 0 Å². The molecular formula is C9H7FN2O2S2. The number of hydrogen-bond donors (Lipinski definition) is 1. The Bertz CT molecular complexity index is 581. The number of anilines is 1. The van der Waals surface area contributed by atoms with Crippen LogP contribution in [0.1, 0.15) is 0 Å². The first kappa shape index (κ1) is 11.0. The van der Waals surface area contributed by atoms with Gasteiger partial charge in [-0.05, 0) is 12.1 Å². The summed E-state index contributed by atoms with van der Waals surface area (Å²) in [6.07, 6.45) is 0. The third kappa shape index (κ3) is 2.20. The average molecular weight is 258 g/mol. The molecule has 0 aliphatic carbocycles. The SMILES string of the molecule is O=S(=O)(Nc1cscn1)c1ccccc1F. The average Bonchev–Trinajstić information content (AvgIpc) is 2.70. The molecule has 0 saturated carbocycles. The van der Waals surface area contributed by atoms with Gasteiger partial charge in [0.1, 0.15) is 10.7 Å². The van der Waals surface area contributed by atoms with Gasteiger partial charge in [0.05, 0.1) is 5.51 Å². The minimum Gasteiger partial charge on any atom is -0.263 e. The van der Waals surface area contributed by atoms with E-state index in [-0.39, 0.29) is 10.7 Å². The minimum absolute atomic E-state index is 0.188. The molecule has 84 valence electrons. The van der Waals surface area contributed by atoms with Crippen molar-refractivity contribution in [3.05, 3.63) is 41.0 Å². The Hall–Kier alpha value is -1.47. The Kier molecular flexibility index (Phi) is 2.88. The molecule has 1 aromatic carbocycles. The van der Waals surface area contributed by atoms with E-state index in [1.54, 1.807) is 0 Å². The maximum Gasteiger partial charge on any atom is 0.265 e. The number of rotatable bonds is 3. The molecule has 0 radical (unpaired) electrons. The van der Waals surface area contributed by atoms with Gasteiger partial charge in [0.2, 0.25) is 0 Å². The van der Waals surface area contributed by atoms with Crippen molar-refractivity contribution in [3.63, 3.8) is 0 Å². The fourth-order valence-electron chi connectivity index (χ4n) is 1.12. The van der Waals surface area contributed by atoms with Crippen molar-refractivity contribution < 1.29 is 12.8 Å². The monoisotopic (exact) mass is 258 g/mol. The predicted octanol–water partition coefficient (Wildman–Crippen LogP) is 2.08. The highest BCUT2D eigenvalue weighted by Crippen LogP contribution is 2.18. The molecular weight excluding hydrogens is 251 g/mol. The highest BCUT2D eigenvalue weighted by molar-refractivity contribution is 7.92. The first-order valence-corrected chi connectivity index (χ1v) is 6.68. The topological polar surface area (TPSA) is 59.1 Å². The van der Waals surface area contributed by atoms with E-state index < -0.39 is 15.8 Å². The molecule has 4 nitrogen and oxygen atoms in total. The summed E-state index contributed by atoms with van der Waals surface area (Å²) < 4.78 is 38.9. The van der Waals surface area contributed by atoms with E-state index in [1.165, 1.54) is 40.4 Å². The molecule has 0 fully saturated rings. The normalized spacial score (nSPS) is 11.3. The lowest BCUT2D eigenvalue weighted by molar-refractivity contribution is 0.570. The van der Waals surface area contributed by atoms with Crippen LogP contribution in [0.25, 0.3) is 0 Å². The van der Waals surface area contributed by atoms with E-state index in [0.29, 0.717) is 0 Å². The second-order valence-electron chi connectivity index (χ2n) is 2.91. The van der Waals surface area contributed by atoms with Gasteiger partial charge in [0, 0.05) is 5.38 Å². The molecule has 0 aliphatic rings. The molecule has 0 saturated heterocycles. The maximum absolute atomic E-state index is 13.3. The lowest BCUT2D eigenvalue weighted by Crippen LogP contribution is -2.14. The van der Waals surface area contributed by atoms with Gasteiger partial charge in [0.15, 0.2) is 5.82 Å². The van der Waals surface area contributed by atoms with Gasteiger partial charge in [0.25, 0.3) is 10.0 Å². The van der Waals surface area contributed by atoms with E-state index in [1.807, 2.05) is 0 Å². The Balaban J connectivity index is 2.37. The van der Waals surface area contributed by atoms with Gasteiger partial charge in [-0.1, -0.05) is 12.1 Å². The molecule has 2 aromatic rings. The number of halogens is 1. The Labute approximate surface area is 95.8 Å². The second kappa shape index (κ2) is 4.18. The van der Waals surface area contributed by atoms with Crippen LogP contribution in [-0.2, 0) is 10.0 Å². The van der Waals surface area contributed by atoms with E-state index in [4.69, 9.17) is 0 Å². The summed E-state index contributed by atoms with van der Waals surface area (Å²) >= 11 is 1.25. The molecule has 0 atom stereocenters. The maximum atomic E-state index is 13.3. The zero-order chi connectivity index (χ0) is 11.6. The van der Waals surface area contributed by atoms with Crippen molar-refractivity contribution in [3.8, 4) is 0 Å².